The molecule has 2 N–H and O–H groups in total. The normalized spacial score (nSPS) is 10.3. The first-order valence-corrected chi connectivity index (χ1v) is 7.33. The zero-order valence-electron chi connectivity index (χ0n) is 12.7. The van der Waals surface area contributed by atoms with Crippen LogP contribution in [0.5, 0.6) is 5.75 Å². The van der Waals surface area contributed by atoms with Gasteiger partial charge in [0.25, 0.3) is 0 Å². The van der Waals surface area contributed by atoms with Gasteiger partial charge in [0.15, 0.2) is 0 Å². The summed E-state index contributed by atoms with van der Waals surface area (Å²) < 4.78 is 5.45. The maximum Gasteiger partial charge on any atom is 0.224 e. The Morgan fingerprint density at radius 2 is 2.00 bits per heavy atom. The first-order valence-electron chi connectivity index (χ1n) is 7.33. The molecule has 22 heavy (non-hydrogen) atoms. The summed E-state index contributed by atoms with van der Waals surface area (Å²) in [6.07, 6.45) is 0.362. The van der Waals surface area contributed by atoms with Crippen molar-refractivity contribution in [1.29, 1.82) is 0 Å². The van der Waals surface area contributed by atoms with Crippen LogP contribution in [-0.4, -0.2) is 24.2 Å². The number of carbonyl (C=O) groups excluding carboxylic acids is 1. The van der Waals surface area contributed by atoms with E-state index in [1.807, 2.05) is 55.5 Å². The second-order valence-corrected chi connectivity index (χ2v) is 5.12. The number of benzene rings is 2. The molecule has 0 aliphatic rings. The molecule has 2 rings (SSSR count). The van der Waals surface area contributed by atoms with Crippen molar-refractivity contribution < 1.29 is 14.6 Å². The number of nitrogens with one attached hydrogen (secondary N) is 1. The number of amides is 1. The first kappa shape index (κ1) is 16.0. The van der Waals surface area contributed by atoms with E-state index in [0.717, 1.165) is 16.7 Å². The molecule has 0 saturated carbocycles. The largest absolute Gasteiger partial charge is 0.491 e. The molecule has 0 saturated heterocycles. The summed E-state index contributed by atoms with van der Waals surface area (Å²) in [6.45, 7) is 2.63. The number of aryl methyl sites for hydroxylation is 1. The van der Waals surface area contributed by atoms with Gasteiger partial charge in [-0.2, -0.15) is 0 Å². The summed E-state index contributed by atoms with van der Waals surface area (Å²) >= 11 is 0. The van der Waals surface area contributed by atoms with E-state index in [0.29, 0.717) is 18.7 Å². The standard InChI is InChI=1S/C18H21NO3/c1-14-5-4-6-15(11-14)12-18(21)19-13-16-7-2-3-8-17(16)22-10-9-20/h2-8,11,20H,9-10,12-13H2,1H3,(H,19,21). The van der Waals surface area contributed by atoms with E-state index in [4.69, 9.17) is 9.84 Å². The van der Waals surface area contributed by atoms with Gasteiger partial charge in [0, 0.05) is 12.1 Å². The van der Waals surface area contributed by atoms with E-state index in [1.165, 1.54) is 0 Å². The predicted molar refractivity (Wildman–Crippen MR) is 85.8 cm³/mol. The zero-order valence-corrected chi connectivity index (χ0v) is 12.7. The van der Waals surface area contributed by atoms with E-state index >= 15 is 0 Å². The van der Waals surface area contributed by atoms with Crippen LogP contribution in [0.4, 0.5) is 0 Å². The van der Waals surface area contributed by atoms with Gasteiger partial charge in [-0.3, -0.25) is 4.79 Å². The molecule has 2 aromatic carbocycles. The number of hydrogen-bond acceptors (Lipinski definition) is 3. The molecular formula is C18H21NO3. The van der Waals surface area contributed by atoms with Crippen LogP contribution >= 0.6 is 0 Å². The fourth-order valence-electron chi connectivity index (χ4n) is 2.21. The summed E-state index contributed by atoms with van der Waals surface area (Å²) in [6, 6.07) is 15.4. The smallest absolute Gasteiger partial charge is 0.224 e. The average Bonchev–Trinajstić information content (AvgIpc) is 2.51. The van der Waals surface area contributed by atoms with Crippen LogP contribution in [-0.2, 0) is 17.8 Å². The van der Waals surface area contributed by atoms with Crippen molar-refractivity contribution in [3.05, 3.63) is 65.2 Å². The summed E-state index contributed by atoms with van der Waals surface area (Å²) in [5, 5.41) is 11.7. The quantitative estimate of drug-likeness (QED) is 0.824. The lowest BCUT2D eigenvalue weighted by molar-refractivity contribution is -0.120. The molecule has 4 heteroatoms. The number of aliphatic hydroxyl groups is 1. The summed E-state index contributed by atoms with van der Waals surface area (Å²) in [7, 11) is 0. The number of hydrogen-bond donors (Lipinski definition) is 2. The highest BCUT2D eigenvalue weighted by Crippen LogP contribution is 2.17. The molecule has 0 aromatic heterocycles. The average molecular weight is 299 g/mol. The lowest BCUT2D eigenvalue weighted by atomic mass is 10.1. The fourth-order valence-corrected chi connectivity index (χ4v) is 2.21. The maximum atomic E-state index is 12.0. The molecule has 1 amide bonds. The molecule has 0 spiro atoms. The summed E-state index contributed by atoms with van der Waals surface area (Å²) in [5.74, 6) is 0.662. The Balaban J connectivity index is 1.91. The highest BCUT2D eigenvalue weighted by atomic mass is 16.5. The van der Waals surface area contributed by atoms with Crippen LogP contribution in [0, 0.1) is 6.92 Å². The predicted octanol–water partition coefficient (Wildman–Crippen LogP) is 2.23. The van der Waals surface area contributed by atoms with Gasteiger partial charge in [0.2, 0.25) is 5.91 Å². The Morgan fingerprint density at radius 1 is 1.18 bits per heavy atom. The number of ether oxygens (including phenoxy) is 1. The van der Waals surface area contributed by atoms with E-state index < -0.39 is 0 Å². The highest BCUT2D eigenvalue weighted by molar-refractivity contribution is 5.78. The van der Waals surface area contributed by atoms with E-state index in [2.05, 4.69) is 5.32 Å². The van der Waals surface area contributed by atoms with Gasteiger partial charge in [-0.25, -0.2) is 0 Å². The van der Waals surface area contributed by atoms with Crippen LogP contribution in [0.15, 0.2) is 48.5 Å². The van der Waals surface area contributed by atoms with Crippen molar-refractivity contribution >= 4 is 5.91 Å². The lowest BCUT2D eigenvalue weighted by Gasteiger charge is -2.11. The first-order chi connectivity index (χ1) is 10.7. The number of aliphatic hydroxyl groups excluding tert-OH is 1. The molecule has 0 heterocycles. The van der Waals surface area contributed by atoms with Crippen molar-refractivity contribution in [2.45, 2.75) is 19.9 Å². The number of rotatable bonds is 7. The third kappa shape index (κ3) is 4.90. The topological polar surface area (TPSA) is 58.6 Å². The van der Waals surface area contributed by atoms with Gasteiger partial charge in [-0.05, 0) is 18.6 Å². The van der Waals surface area contributed by atoms with Gasteiger partial charge in [-0.15, -0.1) is 0 Å². The third-order valence-corrected chi connectivity index (χ3v) is 3.24. The highest BCUT2D eigenvalue weighted by Gasteiger charge is 2.07. The molecule has 2 aromatic rings. The van der Waals surface area contributed by atoms with Gasteiger partial charge < -0.3 is 15.2 Å². The Morgan fingerprint density at radius 3 is 2.77 bits per heavy atom. The molecule has 0 atom stereocenters. The van der Waals surface area contributed by atoms with Crippen molar-refractivity contribution in [2.75, 3.05) is 13.2 Å². The minimum Gasteiger partial charge on any atom is -0.491 e. The molecule has 0 aliphatic carbocycles. The minimum absolute atomic E-state index is 0.0254. The van der Waals surface area contributed by atoms with Crippen LogP contribution in [0.2, 0.25) is 0 Å². The minimum atomic E-state index is -0.0337. The Hall–Kier alpha value is -2.33. The molecular weight excluding hydrogens is 278 g/mol. The summed E-state index contributed by atoms with van der Waals surface area (Å²) in [4.78, 5) is 12.0. The number of para-hydroxylation sites is 1. The van der Waals surface area contributed by atoms with Crippen LogP contribution in [0.1, 0.15) is 16.7 Å². The molecule has 0 aliphatic heterocycles. The molecule has 0 radical (unpaired) electrons. The number of carbonyl (C=O) groups is 1. The molecule has 0 unspecified atom stereocenters. The summed E-state index contributed by atoms with van der Waals surface area (Å²) in [5.41, 5.74) is 3.05. The van der Waals surface area contributed by atoms with Crippen LogP contribution in [0.25, 0.3) is 0 Å². The van der Waals surface area contributed by atoms with Crippen LogP contribution in [0.3, 0.4) is 0 Å². The van der Waals surface area contributed by atoms with Gasteiger partial charge in [0.1, 0.15) is 12.4 Å². The monoisotopic (exact) mass is 299 g/mol. The lowest BCUT2D eigenvalue weighted by Crippen LogP contribution is -2.25. The van der Waals surface area contributed by atoms with Crippen LogP contribution < -0.4 is 10.1 Å². The van der Waals surface area contributed by atoms with Crippen molar-refractivity contribution in [3.63, 3.8) is 0 Å². The van der Waals surface area contributed by atoms with E-state index in [-0.39, 0.29) is 19.1 Å². The second-order valence-electron chi connectivity index (χ2n) is 5.12. The fraction of sp³-hybridized carbons (Fsp3) is 0.278. The van der Waals surface area contributed by atoms with E-state index in [9.17, 15) is 4.79 Å². The zero-order chi connectivity index (χ0) is 15.8. The van der Waals surface area contributed by atoms with Gasteiger partial charge in [-0.1, -0.05) is 48.0 Å². The molecule has 4 nitrogen and oxygen atoms in total. The van der Waals surface area contributed by atoms with Crippen molar-refractivity contribution in [3.8, 4) is 5.75 Å². The Labute approximate surface area is 130 Å². The Bertz CT molecular complexity index is 625. The maximum absolute atomic E-state index is 12.0. The second kappa shape index (κ2) is 8.20. The molecule has 0 fully saturated rings. The molecule has 0 bridgehead atoms. The molecule has 116 valence electrons. The van der Waals surface area contributed by atoms with Gasteiger partial charge in [0.05, 0.1) is 13.0 Å². The van der Waals surface area contributed by atoms with E-state index in [1.54, 1.807) is 0 Å². The van der Waals surface area contributed by atoms with Crippen molar-refractivity contribution in [1.82, 2.24) is 5.32 Å². The van der Waals surface area contributed by atoms with Crippen molar-refractivity contribution in [2.24, 2.45) is 0 Å². The van der Waals surface area contributed by atoms with Gasteiger partial charge >= 0.3 is 0 Å². The third-order valence-electron chi connectivity index (χ3n) is 3.24. The Kier molecular flexibility index (Phi) is 5.98. The SMILES string of the molecule is Cc1cccc(CC(=O)NCc2ccccc2OCCO)c1.